The van der Waals surface area contributed by atoms with Crippen LogP contribution in [0.25, 0.3) is 0 Å². The fraction of sp³-hybridized carbons (Fsp3) is 0.333. The Morgan fingerprint density at radius 2 is 1.96 bits per heavy atom. The van der Waals surface area contributed by atoms with Gasteiger partial charge in [0.15, 0.2) is 11.5 Å². The lowest BCUT2D eigenvalue weighted by Crippen LogP contribution is -2.36. The van der Waals surface area contributed by atoms with Crippen molar-refractivity contribution < 1.29 is 19.1 Å². The van der Waals surface area contributed by atoms with Crippen molar-refractivity contribution in [3.05, 3.63) is 54.1 Å². The van der Waals surface area contributed by atoms with E-state index in [1.54, 1.807) is 12.0 Å². The van der Waals surface area contributed by atoms with Gasteiger partial charge in [0.2, 0.25) is 11.8 Å². The summed E-state index contributed by atoms with van der Waals surface area (Å²) >= 11 is 0. The third-order valence-electron chi connectivity index (χ3n) is 4.58. The van der Waals surface area contributed by atoms with E-state index in [9.17, 15) is 9.59 Å². The summed E-state index contributed by atoms with van der Waals surface area (Å²) in [7, 11) is 1.58. The van der Waals surface area contributed by atoms with Crippen LogP contribution in [0.3, 0.4) is 0 Å². The minimum atomic E-state index is -0.644. The van der Waals surface area contributed by atoms with Gasteiger partial charge < -0.3 is 19.7 Å². The number of para-hydroxylation sites is 1. The molecule has 1 aliphatic rings. The Bertz CT molecular complexity index is 807. The average Bonchev–Trinajstić information content (AvgIpc) is 3.09. The number of rotatable bonds is 7. The predicted molar refractivity (Wildman–Crippen MR) is 103 cm³/mol. The molecule has 2 amide bonds. The van der Waals surface area contributed by atoms with Gasteiger partial charge in [-0.2, -0.15) is 0 Å². The standard InChI is InChI=1S/C21H24N2O4/c1-3-27-18-10-9-15(13-19(18)26-2)14-22-20(24)17-11-12-23(21(17)25)16-7-5-4-6-8-16/h4-10,13,17H,3,11-12,14H2,1-2H3,(H,22,24). The minimum absolute atomic E-state index is 0.150. The van der Waals surface area contributed by atoms with E-state index in [-0.39, 0.29) is 11.8 Å². The highest BCUT2D eigenvalue weighted by atomic mass is 16.5. The molecule has 1 heterocycles. The summed E-state index contributed by atoms with van der Waals surface area (Å²) in [4.78, 5) is 26.8. The molecule has 1 N–H and O–H groups in total. The van der Waals surface area contributed by atoms with Crippen molar-refractivity contribution in [3.63, 3.8) is 0 Å². The first kappa shape index (κ1) is 18.8. The number of nitrogens with zero attached hydrogens (tertiary/aromatic N) is 1. The number of hydrogen-bond acceptors (Lipinski definition) is 4. The fourth-order valence-electron chi connectivity index (χ4n) is 3.20. The molecule has 3 rings (SSSR count). The molecule has 1 atom stereocenters. The Morgan fingerprint density at radius 3 is 2.67 bits per heavy atom. The van der Waals surface area contributed by atoms with Gasteiger partial charge in [-0.05, 0) is 43.2 Å². The molecular weight excluding hydrogens is 344 g/mol. The number of carbonyl (C=O) groups excluding carboxylic acids is 2. The number of amides is 2. The monoisotopic (exact) mass is 368 g/mol. The van der Waals surface area contributed by atoms with Gasteiger partial charge in [0.05, 0.1) is 13.7 Å². The highest BCUT2D eigenvalue weighted by Crippen LogP contribution is 2.28. The van der Waals surface area contributed by atoms with Gasteiger partial charge in [-0.3, -0.25) is 9.59 Å². The lowest BCUT2D eigenvalue weighted by atomic mass is 10.1. The SMILES string of the molecule is CCOc1ccc(CNC(=O)C2CCN(c3ccccc3)C2=O)cc1OC. The maximum absolute atomic E-state index is 12.6. The molecule has 2 aromatic carbocycles. The molecule has 0 aromatic heterocycles. The molecule has 142 valence electrons. The van der Waals surface area contributed by atoms with Crippen LogP contribution in [0.2, 0.25) is 0 Å². The molecule has 27 heavy (non-hydrogen) atoms. The van der Waals surface area contributed by atoms with Crippen LogP contribution in [0, 0.1) is 5.92 Å². The summed E-state index contributed by atoms with van der Waals surface area (Å²) in [5.74, 6) is 0.249. The molecule has 1 fully saturated rings. The van der Waals surface area contributed by atoms with E-state index < -0.39 is 5.92 Å². The third-order valence-corrected chi connectivity index (χ3v) is 4.58. The molecule has 6 nitrogen and oxygen atoms in total. The number of ether oxygens (including phenoxy) is 2. The van der Waals surface area contributed by atoms with Crippen molar-refractivity contribution in [1.82, 2.24) is 5.32 Å². The van der Waals surface area contributed by atoms with Crippen molar-refractivity contribution in [2.45, 2.75) is 19.9 Å². The Labute approximate surface area is 159 Å². The number of nitrogens with one attached hydrogen (secondary N) is 1. The maximum Gasteiger partial charge on any atom is 0.239 e. The first-order chi connectivity index (χ1) is 13.1. The lowest BCUT2D eigenvalue weighted by molar-refractivity contribution is -0.132. The topological polar surface area (TPSA) is 67.9 Å². The summed E-state index contributed by atoms with van der Waals surface area (Å²) < 4.78 is 10.8. The van der Waals surface area contributed by atoms with Crippen LogP contribution < -0.4 is 19.7 Å². The number of methoxy groups -OCH3 is 1. The Balaban J connectivity index is 1.60. The summed E-state index contributed by atoms with van der Waals surface area (Å²) in [6.07, 6.45) is 0.520. The van der Waals surface area contributed by atoms with E-state index in [0.717, 1.165) is 11.3 Å². The number of anilines is 1. The Hall–Kier alpha value is -3.02. The molecule has 0 saturated carbocycles. The van der Waals surface area contributed by atoms with Crippen LogP contribution in [0.4, 0.5) is 5.69 Å². The van der Waals surface area contributed by atoms with Gasteiger partial charge in [-0.1, -0.05) is 24.3 Å². The van der Waals surface area contributed by atoms with Crippen molar-refractivity contribution in [1.29, 1.82) is 0 Å². The third kappa shape index (κ3) is 4.22. The van der Waals surface area contributed by atoms with E-state index in [1.807, 2.05) is 55.5 Å². The highest BCUT2D eigenvalue weighted by molar-refractivity contribution is 6.09. The van der Waals surface area contributed by atoms with Crippen LogP contribution in [-0.2, 0) is 16.1 Å². The quantitative estimate of drug-likeness (QED) is 0.763. The van der Waals surface area contributed by atoms with Crippen LogP contribution in [0.15, 0.2) is 48.5 Å². The second-order valence-corrected chi connectivity index (χ2v) is 6.30. The normalized spacial score (nSPS) is 16.3. The summed E-state index contributed by atoms with van der Waals surface area (Å²) in [6.45, 7) is 3.34. The fourth-order valence-corrected chi connectivity index (χ4v) is 3.20. The summed E-state index contributed by atoms with van der Waals surface area (Å²) in [5.41, 5.74) is 1.71. The highest BCUT2D eigenvalue weighted by Gasteiger charge is 2.37. The van der Waals surface area contributed by atoms with E-state index in [1.165, 1.54) is 0 Å². The maximum atomic E-state index is 12.6. The predicted octanol–water partition coefficient (Wildman–Crippen LogP) is 2.76. The van der Waals surface area contributed by atoms with Crippen LogP contribution in [0.5, 0.6) is 11.5 Å². The van der Waals surface area contributed by atoms with Crippen molar-refractivity contribution in [2.75, 3.05) is 25.2 Å². The largest absolute Gasteiger partial charge is 0.493 e. The zero-order valence-electron chi connectivity index (χ0n) is 15.6. The van der Waals surface area contributed by atoms with Gasteiger partial charge in [0, 0.05) is 18.8 Å². The lowest BCUT2D eigenvalue weighted by Gasteiger charge is -2.16. The Morgan fingerprint density at radius 1 is 1.19 bits per heavy atom. The van der Waals surface area contributed by atoms with Crippen LogP contribution >= 0.6 is 0 Å². The summed E-state index contributed by atoms with van der Waals surface area (Å²) in [6, 6.07) is 15.0. The molecule has 1 aliphatic heterocycles. The molecule has 1 saturated heterocycles. The van der Waals surface area contributed by atoms with Gasteiger partial charge in [-0.15, -0.1) is 0 Å². The Kier molecular flexibility index (Phi) is 5.96. The van der Waals surface area contributed by atoms with E-state index >= 15 is 0 Å². The first-order valence-corrected chi connectivity index (χ1v) is 9.08. The van der Waals surface area contributed by atoms with Crippen molar-refractivity contribution in [3.8, 4) is 11.5 Å². The second kappa shape index (κ2) is 8.58. The molecule has 6 heteroatoms. The van der Waals surface area contributed by atoms with Gasteiger partial charge in [-0.25, -0.2) is 0 Å². The van der Waals surface area contributed by atoms with E-state index in [0.29, 0.717) is 37.6 Å². The van der Waals surface area contributed by atoms with E-state index in [4.69, 9.17) is 9.47 Å². The average molecular weight is 368 g/mol. The number of carbonyl (C=O) groups is 2. The zero-order valence-corrected chi connectivity index (χ0v) is 15.6. The van der Waals surface area contributed by atoms with Gasteiger partial charge in [0.1, 0.15) is 5.92 Å². The minimum Gasteiger partial charge on any atom is -0.493 e. The van der Waals surface area contributed by atoms with Gasteiger partial charge in [0.25, 0.3) is 0 Å². The van der Waals surface area contributed by atoms with Gasteiger partial charge >= 0.3 is 0 Å². The number of hydrogen-bond donors (Lipinski definition) is 1. The van der Waals surface area contributed by atoms with Crippen molar-refractivity contribution >= 4 is 17.5 Å². The molecule has 0 radical (unpaired) electrons. The smallest absolute Gasteiger partial charge is 0.239 e. The van der Waals surface area contributed by atoms with Crippen LogP contribution in [0.1, 0.15) is 18.9 Å². The molecule has 2 aromatic rings. The summed E-state index contributed by atoms with van der Waals surface area (Å²) in [5, 5.41) is 2.86. The molecular formula is C21H24N2O4. The zero-order chi connectivity index (χ0) is 19.2. The molecule has 0 bridgehead atoms. The number of benzene rings is 2. The van der Waals surface area contributed by atoms with Crippen molar-refractivity contribution in [2.24, 2.45) is 5.92 Å². The molecule has 0 aliphatic carbocycles. The molecule has 1 unspecified atom stereocenters. The molecule has 0 spiro atoms. The van der Waals surface area contributed by atoms with E-state index in [2.05, 4.69) is 5.32 Å². The van der Waals surface area contributed by atoms with Crippen LogP contribution in [-0.4, -0.2) is 32.1 Å². The second-order valence-electron chi connectivity index (χ2n) is 6.30. The first-order valence-electron chi connectivity index (χ1n) is 9.08.